The minimum absolute atomic E-state index is 0.392. The van der Waals surface area contributed by atoms with Crippen molar-refractivity contribution in [2.75, 3.05) is 0 Å². The lowest BCUT2D eigenvalue weighted by molar-refractivity contribution is -0.187. The summed E-state index contributed by atoms with van der Waals surface area (Å²) in [5, 5.41) is 0. The summed E-state index contributed by atoms with van der Waals surface area (Å²) in [6, 6.07) is 0. The maximum absolute atomic E-state index is 13.1. The van der Waals surface area contributed by atoms with Gasteiger partial charge < -0.3 is 9.47 Å². The number of hydrogen-bond acceptors (Lipinski definition) is 4. The Balaban J connectivity index is 5.84. The highest BCUT2D eigenvalue weighted by Gasteiger charge is 2.50. The molecule has 0 radical (unpaired) electrons. The van der Waals surface area contributed by atoms with E-state index in [4.69, 9.17) is 9.47 Å². The first kappa shape index (κ1) is 23.9. The largest absolute Gasteiger partial charge is 0.459 e. The van der Waals surface area contributed by atoms with Crippen molar-refractivity contribution in [3.05, 3.63) is 0 Å². The van der Waals surface area contributed by atoms with Gasteiger partial charge in [-0.25, -0.2) is 0 Å². The van der Waals surface area contributed by atoms with Crippen LogP contribution < -0.4 is 0 Å². The lowest BCUT2D eigenvalue weighted by Crippen LogP contribution is -2.47. The fourth-order valence-corrected chi connectivity index (χ4v) is 2.44. The molecule has 0 saturated carbocycles. The van der Waals surface area contributed by atoms with Crippen molar-refractivity contribution >= 4 is 11.9 Å². The van der Waals surface area contributed by atoms with Crippen LogP contribution in [0.1, 0.15) is 94.9 Å². The summed E-state index contributed by atoms with van der Waals surface area (Å²) in [6.45, 7) is 19.4. The molecule has 0 aromatic heterocycles. The summed E-state index contributed by atoms with van der Waals surface area (Å²) >= 11 is 0. The van der Waals surface area contributed by atoms with Crippen molar-refractivity contribution in [2.24, 2.45) is 17.3 Å². The standard InChI is InChI=1S/C21H40O4/c1-15(2)11-13-21(14-12-16(3)4,17(22)24-19(5,6)7)18(23)25-20(8,9)10/h15-16H,11-14H2,1-10H3. The summed E-state index contributed by atoms with van der Waals surface area (Å²) in [5.74, 6) is -0.113. The van der Waals surface area contributed by atoms with E-state index in [1.165, 1.54) is 0 Å². The van der Waals surface area contributed by atoms with Crippen LogP contribution in [0.5, 0.6) is 0 Å². The molecule has 0 fully saturated rings. The molecule has 0 unspecified atom stereocenters. The van der Waals surface area contributed by atoms with Gasteiger partial charge >= 0.3 is 11.9 Å². The monoisotopic (exact) mass is 356 g/mol. The summed E-state index contributed by atoms with van der Waals surface area (Å²) < 4.78 is 11.3. The molecule has 0 aliphatic carbocycles. The molecule has 0 aliphatic heterocycles. The predicted octanol–water partition coefficient (Wildman–Crippen LogP) is 5.53. The van der Waals surface area contributed by atoms with E-state index in [0.29, 0.717) is 24.7 Å². The Morgan fingerprint density at radius 3 is 1.16 bits per heavy atom. The van der Waals surface area contributed by atoms with Gasteiger partial charge in [0.15, 0.2) is 5.41 Å². The van der Waals surface area contributed by atoms with E-state index >= 15 is 0 Å². The Morgan fingerprint density at radius 2 is 0.960 bits per heavy atom. The minimum Gasteiger partial charge on any atom is -0.459 e. The van der Waals surface area contributed by atoms with Crippen LogP contribution in [0.2, 0.25) is 0 Å². The summed E-state index contributed by atoms with van der Waals surface area (Å²) in [6.07, 6.45) is 2.47. The van der Waals surface area contributed by atoms with Gasteiger partial charge in [0.2, 0.25) is 0 Å². The zero-order valence-corrected chi connectivity index (χ0v) is 18.1. The second-order valence-corrected chi connectivity index (χ2v) is 9.95. The molecule has 0 heterocycles. The van der Waals surface area contributed by atoms with Crippen molar-refractivity contribution in [1.29, 1.82) is 0 Å². The molecule has 0 bridgehead atoms. The first-order valence-electron chi connectivity index (χ1n) is 9.56. The first-order valence-corrected chi connectivity index (χ1v) is 9.56. The molecule has 0 spiro atoms. The highest BCUT2D eigenvalue weighted by molar-refractivity contribution is 6.00. The van der Waals surface area contributed by atoms with Gasteiger partial charge in [-0.3, -0.25) is 9.59 Å². The first-order chi connectivity index (χ1) is 11.1. The number of esters is 2. The van der Waals surface area contributed by atoms with Crippen LogP contribution in [-0.4, -0.2) is 23.1 Å². The van der Waals surface area contributed by atoms with Gasteiger partial charge in [0.05, 0.1) is 0 Å². The number of carbonyl (C=O) groups excluding carboxylic acids is 2. The van der Waals surface area contributed by atoms with Crippen LogP contribution in [0, 0.1) is 17.3 Å². The molecule has 148 valence electrons. The summed E-state index contributed by atoms with van der Waals surface area (Å²) in [5.41, 5.74) is -2.50. The van der Waals surface area contributed by atoms with Gasteiger partial charge in [-0.05, 0) is 79.1 Å². The van der Waals surface area contributed by atoms with E-state index in [9.17, 15) is 9.59 Å². The molecule has 0 N–H and O–H groups in total. The molecule has 25 heavy (non-hydrogen) atoms. The fraction of sp³-hybridized carbons (Fsp3) is 0.905. The topological polar surface area (TPSA) is 52.6 Å². The average Bonchev–Trinajstić information content (AvgIpc) is 2.33. The normalized spacial score (nSPS) is 13.3. The smallest absolute Gasteiger partial charge is 0.324 e. The number of hydrogen-bond donors (Lipinski definition) is 0. The van der Waals surface area contributed by atoms with Gasteiger partial charge in [-0.15, -0.1) is 0 Å². The molecule has 4 nitrogen and oxygen atoms in total. The Bertz CT molecular complexity index is 394. The van der Waals surface area contributed by atoms with E-state index < -0.39 is 28.6 Å². The van der Waals surface area contributed by atoms with Crippen LogP contribution in [0.4, 0.5) is 0 Å². The number of rotatable bonds is 8. The molecular weight excluding hydrogens is 316 g/mol. The van der Waals surface area contributed by atoms with Gasteiger partial charge in [0.1, 0.15) is 11.2 Å². The number of carbonyl (C=O) groups is 2. The van der Waals surface area contributed by atoms with E-state index in [-0.39, 0.29) is 0 Å². The SMILES string of the molecule is CC(C)CCC(CCC(C)C)(C(=O)OC(C)(C)C)C(=O)OC(C)(C)C. The lowest BCUT2D eigenvalue weighted by Gasteiger charge is -2.35. The van der Waals surface area contributed by atoms with Crippen LogP contribution in [-0.2, 0) is 19.1 Å². The molecule has 0 aromatic carbocycles. The Labute approximate surface area is 155 Å². The minimum atomic E-state index is -1.23. The third-order valence-electron chi connectivity index (χ3n) is 3.88. The average molecular weight is 357 g/mol. The van der Waals surface area contributed by atoms with E-state index in [2.05, 4.69) is 27.7 Å². The third-order valence-corrected chi connectivity index (χ3v) is 3.88. The zero-order valence-electron chi connectivity index (χ0n) is 18.1. The molecule has 0 rings (SSSR count). The molecule has 0 amide bonds. The van der Waals surface area contributed by atoms with Crippen molar-refractivity contribution in [3.8, 4) is 0 Å². The third kappa shape index (κ3) is 9.27. The molecule has 4 heteroatoms. The van der Waals surface area contributed by atoms with Crippen molar-refractivity contribution in [1.82, 2.24) is 0 Å². The van der Waals surface area contributed by atoms with E-state index in [1.54, 1.807) is 0 Å². The van der Waals surface area contributed by atoms with Gasteiger partial charge in [-0.2, -0.15) is 0 Å². The van der Waals surface area contributed by atoms with Crippen LogP contribution in [0.15, 0.2) is 0 Å². The highest BCUT2D eigenvalue weighted by Crippen LogP contribution is 2.38. The maximum atomic E-state index is 13.1. The summed E-state index contributed by atoms with van der Waals surface area (Å²) in [4.78, 5) is 26.2. The van der Waals surface area contributed by atoms with Gasteiger partial charge in [0.25, 0.3) is 0 Å². The molecule has 0 aliphatic rings. The van der Waals surface area contributed by atoms with Crippen LogP contribution in [0.3, 0.4) is 0 Å². The zero-order chi connectivity index (χ0) is 20.1. The van der Waals surface area contributed by atoms with Crippen LogP contribution >= 0.6 is 0 Å². The van der Waals surface area contributed by atoms with Gasteiger partial charge in [-0.1, -0.05) is 27.7 Å². The lowest BCUT2D eigenvalue weighted by atomic mass is 9.76. The second-order valence-electron chi connectivity index (χ2n) is 9.95. The Kier molecular flexibility index (Phi) is 8.66. The predicted molar refractivity (Wildman–Crippen MR) is 102 cm³/mol. The summed E-state index contributed by atoms with van der Waals surface area (Å²) in [7, 11) is 0. The van der Waals surface area contributed by atoms with E-state index in [1.807, 2.05) is 41.5 Å². The second kappa shape index (κ2) is 9.05. The fourth-order valence-electron chi connectivity index (χ4n) is 2.44. The quantitative estimate of drug-likeness (QED) is 0.424. The Morgan fingerprint density at radius 1 is 0.680 bits per heavy atom. The van der Waals surface area contributed by atoms with Crippen molar-refractivity contribution in [2.45, 2.75) is 106 Å². The highest BCUT2D eigenvalue weighted by atomic mass is 16.6. The molecule has 0 atom stereocenters. The van der Waals surface area contributed by atoms with Crippen LogP contribution in [0.25, 0.3) is 0 Å². The Hall–Kier alpha value is -1.06. The molecule has 0 saturated heterocycles. The van der Waals surface area contributed by atoms with Gasteiger partial charge in [0, 0.05) is 0 Å². The molecule has 0 aromatic rings. The number of ether oxygens (including phenoxy) is 2. The molecular formula is C21H40O4. The van der Waals surface area contributed by atoms with Crippen molar-refractivity contribution < 1.29 is 19.1 Å². The van der Waals surface area contributed by atoms with E-state index in [0.717, 1.165) is 12.8 Å². The van der Waals surface area contributed by atoms with Crippen molar-refractivity contribution in [3.63, 3.8) is 0 Å². The maximum Gasteiger partial charge on any atom is 0.324 e.